The van der Waals surface area contributed by atoms with E-state index in [1.807, 2.05) is 194 Å². The molecule has 0 aliphatic heterocycles. The molecule has 21 nitrogen and oxygen atoms in total. The molecule has 682 valence electrons. The number of halogens is 3. The number of allylic oxidation sites excluding steroid dienone is 2. The van der Waals surface area contributed by atoms with Crippen LogP contribution in [0.25, 0.3) is 88.4 Å². The van der Waals surface area contributed by atoms with Gasteiger partial charge in [0, 0.05) is 46.8 Å². The van der Waals surface area contributed by atoms with Crippen molar-refractivity contribution in [3.63, 3.8) is 0 Å². The predicted molar refractivity (Wildman–Crippen MR) is 555 cm³/mol. The maximum absolute atomic E-state index is 13.4. The number of Topliss-reactive ketones (excluding diaryl/α,β-unsaturated/α-hetero) is 1. The summed E-state index contributed by atoms with van der Waals surface area (Å²) < 4.78 is 31.0. The van der Waals surface area contributed by atoms with Crippen molar-refractivity contribution in [1.82, 2.24) is 3.24 Å². The molecule has 25 heteroatoms. The minimum atomic E-state index is -0.838. The average Bonchev–Trinajstić information content (AvgIpc) is 0.787. The number of ether oxygens (including phenoxy) is 1. The molecule has 15 aromatic carbocycles. The number of ketones is 3. The van der Waals surface area contributed by atoms with Crippen LogP contribution in [0, 0.1) is 0 Å². The van der Waals surface area contributed by atoms with Crippen LogP contribution in [-0.2, 0) is 4.74 Å². The smallest absolute Gasteiger partial charge is 0.351 e. The molecule has 0 unspecified atom stereocenters. The average molecular weight is 2220 g/mol. The summed E-state index contributed by atoms with van der Waals surface area (Å²) in [6.45, 7) is 1.58. The van der Waals surface area contributed by atoms with Gasteiger partial charge in [-0.15, -0.1) is 0 Å². The molecule has 0 bridgehead atoms. The normalized spacial score (nSPS) is 10.9. The summed E-state index contributed by atoms with van der Waals surface area (Å²) in [5.41, 5.74) is 14.2. The summed E-state index contributed by atoms with van der Waals surface area (Å²) >= 11 is 11.1. The van der Waals surface area contributed by atoms with Crippen LogP contribution in [0.3, 0.4) is 0 Å². The van der Waals surface area contributed by atoms with Crippen molar-refractivity contribution in [2.24, 2.45) is 10.9 Å². The van der Waals surface area contributed by atoms with Crippen LogP contribution >= 0.6 is 47.8 Å². The summed E-state index contributed by atoms with van der Waals surface area (Å²) in [6, 6.07) is 121. The van der Waals surface area contributed by atoms with Crippen molar-refractivity contribution in [2.75, 3.05) is 12.5 Å². The number of nitrogens with two attached hydrogens (primary N) is 1. The van der Waals surface area contributed by atoms with Gasteiger partial charge >= 0.3 is 63.6 Å². The van der Waals surface area contributed by atoms with Gasteiger partial charge in [-0.1, -0.05) is 333 Å². The molecule has 0 fully saturated rings. The fraction of sp³-hybridized carbons (Fsp3) is 0.0177. The summed E-state index contributed by atoms with van der Waals surface area (Å²) in [5, 5.41) is 48.4. The van der Waals surface area contributed by atoms with Crippen molar-refractivity contribution in [2.45, 2.75) is 6.92 Å². The van der Waals surface area contributed by atoms with Gasteiger partial charge in [0.1, 0.15) is 56.5 Å². The van der Waals surface area contributed by atoms with E-state index in [2.05, 4.69) is 79.2 Å². The summed E-state index contributed by atoms with van der Waals surface area (Å²) in [5.74, 6) is 2.89. The number of para-hydroxylation sites is 5. The van der Waals surface area contributed by atoms with Gasteiger partial charge in [-0.3, -0.25) is 19.8 Å². The largest absolute Gasteiger partial charge is 0.507 e. The van der Waals surface area contributed by atoms with Crippen LogP contribution in [0.15, 0.2) is 468 Å². The van der Waals surface area contributed by atoms with Crippen molar-refractivity contribution < 1.29 is 62.0 Å². The molecular formula is C113H83Br3N4O17Pb. The van der Waals surface area contributed by atoms with Crippen LogP contribution in [0.2, 0.25) is 0 Å². The van der Waals surface area contributed by atoms with Crippen LogP contribution in [0.4, 0.5) is 5.69 Å². The number of methoxy groups -OCH3 is 1. The molecule has 4 heterocycles. The molecule has 2 radical (unpaired) electrons. The van der Waals surface area contributed by atoms with Gasteiger partial charge in [-0.05, 0) is 173 Å². The molecule has 19 rings (SSSR count). The van der Waals surface area contributed by atoms with Crippen LogP contribution in [0.1, 0.15) is 81.7 Å². The Morgan fingerprint density at radius 2 is 0.645 bits per heavy atom. The number of hydrogen-bond donors (Lipinski definition) is 7. The summed E-state index contributed by atoms with van der Waals surface area (Å²) in [7, 11) is 1.37. The van der Waals surface area contributed by atoms with Crippen molar-refractivity contribution >= 4 is 164 Å². The third-order valence-electron chi connectivity index (χ3n) is 21.0. The van der Waals surface area contributed by atoms with E-state index < -0.39 is 28.3 Å². The third-order valence-corrected chi connectivity index (χ3v) is 22.5. The number of hydrogen-bond acceptors (Lipinski definition) is 21. The van der Waals surface area contributed by atoms with E-state index >= 15 is 0 Å². The molecule has 4 aromatic heterocycles. The standard InChI is InChI=1S/C36H25BrN2O3.C30H19BrO4.C16H10O4.C14H11BrO.C9H6O3.C8H8O2.H3N2.Pb.H/c37-28-21-19-25(20-22-28)24-15-17-27(18-16-24)32(39-38-29-11-5-2-6-12-29)23-31(26-9-3-1-4-10-26)34-35(40)30-13-7-8-14-33(30)42-36(34)41;31-23-16-14-20(15-17-23)19-10-12-22(13-11-19)26(32)18-25(21-6-2-1-3-7-21)28-29(33)24-8-4-5-9-27(24)35-30(28)34;17-14(10-6-2-1-3-7-10)13-15(18)11-8-4-5-9-12(11)20-16(13)19;1-10(16)11-2-4-12(5-3-11)13-6-8-14(15)9-7-13;10-7-5-9(11)12-8-4-2-1-3-6(7)8;1-10-8(9)7-5-3-2-4-6-7;1-2;;/h1-23,38,40H;1-18,33H;1-9,18H;2-9H,1H3;1-5,10H;2-6H,1H3;1H,2H2;;/q;;;;;;-1;+1;/b31-23+,39-32-;25-18+;;;;;;;. The molecule has 0 spiro atoms. The van der Waals surface area contributed by atoms with Gasteiger partial charge in [-0.25, -0.2) is 24.0 Å². The maximum Gasteiger partial charge on any atom is 0.351 e. The number of anilines is 1. The maximum atomic E-state index is 13.4. The van der Waals surface area contributed by atoms with E-state index in [-0.39, 0.29) is 68.4 Å². The first-order chi connectivity index (χ1) is 66.9. The first kappa shape index (κ1) is 99.5. The zero-order chi connectivity index (χ0) is 97.6. The van der Waals surface area contributed by atoms with Gasteiger partial charge < -0.3 is 42.8 Å². The molecule has 138 heavy (non-hydrogen) atoms. The molecule has 0 saturated heterocycles. The Hall–Kier alpha value is -15.9. The van der Waals surface area contributed by atoms with E-state index in [4.69, 9.17) is 22.8 Å². The second kappa shape index (κ2) is 48.8. The quantitative estimate of drug-likeness (QED) is 0.00651. The predicted octanol–water partition coefficient (Wildman–Crippen LogP) is 24.4. The number of hydrazone groups is 1. The van der Waals surface area contributed by atoms with E-state index in [0.717, 1.165) is 101 Å². The number of nitrogens with one attached hydrogen (secondary N) is 2. The molecule has 0 saturated carbocycles. The monoisotopic (exact) mass is 2210 g/mol. The van der Waals surface area contributed by atoms with Gasteiger partial charge in [0.05, 0.1) is 51.7 Å². The fourth-order valence-electron chi connectivity index (χ4n) is 14.1. The van der Waals surface area contributed by atoms with E-state index in [1.54, 1.807) is 201 Å². The minimum absolute atomic E-state index is 0.0400. The number of carbonyl (C=O) groups is 4. The first-order valence-electron chi connectivity index (χ1n) is 42.4. The second-order valence-electron chi connectivity index (χ2n) is 30.0. The SMILES string of the molecule is CC(=O)c1ccc(-c2ccc(Br)cc2)cc1.COC(=O)c1ccccc1.N[NH][PbH].O=C(/C=C(\c1ccccc1)c1c(O)c2ccccc2oc1=O)c1ccc(-c2ccc(Br)cc2)cc1.O=C(c1ccccc1)c1c(O)c2ccccc2oc1=O.O=c1cc(O)c2ccccc2o1.O=c1oc2ccccc2c(O)c1/C(=C/C(=N/Nc1ccccc1)c1ccc(-c2ccc(Br)cc2)cc1)c1ccccc1. The number of aromatic hydroxyl groups is 4. The van der Waals surface area contributed by atoms with Crippen molar-refractivity contribution in [3.8, 4) is 56.4 Å². The zero-order valence-electron chi connectivity index (χ0n) is 73.6. The summed E-state index contributed by atoms with van der Waals surface area (Å²) in [6.07, 6.45) is 3.19. The van der Waals surface area contributed by atoms with Crippen LogP contribution in [-0.4, -0.2) is 82.6 Å². The topological polar surface area (TPSA) is 342 Å². The Labute approximate surface area is 832 Å². The number of carbonyl (C=O) groups excluding carboxylic acids is 4. The molecule has 0 aliphatic rings. The first-order valence-corrected chi connectivity index (χ1v) is 47.0. The molecular weight excluding hydrogens is 2130 g/mol. The number of esters is 1. The summed E-state index contributed by atoms with van der Waals surface area (Å²) in [4.78, 5) is 96.5. The van der Waals surface area contributed by atoms with E-state index in [9.17, 15) is 58.8 Å². The molecule has 0 atom stereocenters. The number of rotatable bonds is 17. The Morgan fingerprint density at radius 3 is 1.02 bits per heavy atom. The van der Waals surface area contributed by atoms with E-state index in [0.29, 0.717) is 71.8 Å². The van der Waals surface area contributed by atoms with Gasteiger partial charge in [0.25, 0.3) is 0 Å². The zero-order valence-corrected chi connectivity index (χ0v) is 82.8. The molecule has 0 aliphatic carbocycles. The molecule has 8 N–H and O–H groups in total. The van der Waals surface area contributed by atoms with E-state index in [1.165, 1.54) is 13.2 Å². The van der Waals surface area contributed by atoms with Crippen LogP contribution < -0.4 is 37.0 Å². The third kappa shape index (κ3) is 26.2. The number of nitrogens with zero attached hydrogens (tertiary/aromatic N) is 1. The Kier molecular flexibility index (Phi) is 35.2. The minimum Gasteiger partial charge on any atom is -0.507 e. The van der Waals surface area contributed by atoms with Gasteiger partial charge in [-0.2, -0.15) is 5.10 Å². The Bertz CT molecular complexity index is 7850. The fourth-order valence-corrected chi connectivity index (χ4v) is 14.9. The Morgan fingerprint density at radius 1 is 0.348 bits per heavy atom. The second-order valence-corrected chi connectivity index (χ2v) is 34.0. The molecule has 0 amide bonds. The van der Waals surface area contributed by atoms with Crippen molar-refractivity contribution in [1.29, 1.82) is 0 Å². The van der Waals surface area contributed by atoms with Crippen molar-refractivity contribution in [3.05, 3.63) is 523 Å². The number of benzene rings is 15. The van der Waals surface area contributed by atoms with Gasteiger partial charge in [0.15, 0.2) is 17.1 Å². The van der Waals surface area contributed by atoms with Gasteiger partial charge in [0.2, 0.25) is 5.78 Å². The number of fused-ring (bicyclic) bond motifs is 4. The Balaban J connectivity index is 0.000000149. The van der Waals surface area contributed by atoms with Crippen LogP contribution in [0.5, 0.6) is 23.0 Å². The molecule has 19 aromatic rings. The number of hydrazine groups is 1.